The highest BCUT2D eigenvalue weighted by Crippen LogP contribution is 2.61. The molecule has 3 aliphatic rings. The van der Waals surface area contributed by atoms with E-state index >= 15 is 0 Å². The van der Waals surface area contributed by atoms with Gasteiger partial charge in [-0.3, -0.25) is 14.4 Å². The number of hydrogen-bond donors (Lipinski definition) is 1. The zero-order valence-electron chi connectivity index (χ0n) is 24.7. The van der Waals surface area contributed by atoms with Crippen LogP contribution in [0.2, 0.25) is 0 Å². The third-order valence-electron chi connectivity index (χ3n) is 9.05. The Kier molecular flexibility index (Phi) is 9.25. The predicted molar refractivity (Wildman–Crippen MR) is 168 cm³/mol. The van der Waals surface area contributed by atoms with Crippen LogP contribution in [-0.2, 0) is 25.7 Å². The van der Waals surface area contributed by atoms with Crippen LogP contribution in [0.4, 0.5) is 0 Å². The summed E-state index contributed by atoms with van der Waals surface area (Å²) in [6.07, 6.45) is 3.15. The molecule has 3 aliphatic heterocycles. The number of aliphatic hydroxyl groups is 1. The molecule has 7 atom stereocenters. The minimum absolute atomic E-state index is 0.174. The number of halogens is 1. The zero-order chi connectivity index (χ0) is 30.9. The van der Waals surface area contributed by atoms with Crippen molar-refractivity contribution in [1.29, 1.82) is 0 Å². The Balaban J connectivity index is 1.61. The first-order valence-corrected chi connectivity index (χ1v) is 15.8. The standard InChI is InChI=1S/C34H40BrN3O5/c1-5-17-36(20-23-13-9-7-10-14-23)31(40)27-28-32(41)38(26(21-39)24-15-11-8-12-16-24)30(33(42)37(18-6-2)22(3)4)34(28)19-25(35)29(27)43-34/h5-16,22,25-30,39H,1-2,17-21H2,3-4H3/t25?,26-,27+,28+,29+,30?,34?/m1/s1. The summed E-state index contributed by atoms with van der Waals surface area (Å²) in [4.78, 5) is 48.4. The molecule has 3 heterocycles. The van der Waals surface area contributed by atoms with E-state index in [1.807, 2.05) is 74.5 Å². The molecule has 5 rings (SSSR count). The number of aliphatic hydroxyl groups excluding tert-OH is 1. The smallest absolute Gasteiger partial charge is 0.248 e. The fraction of sp³-hybridized carbons (Fsp3) is 0.441. The summed E-state index contributed by atoms with van der Waals surface area (Å²) in [6.45, 7) is 12.1. The van der Waals surface area contributed by atoms with Crippen molar-refractivity contribution in [3.63, 3.8) is 0 Å². The molecule has 2 bridgehead atoms. The molecule has 1 N–H and O–H groups in total. The molecule has 0 saturated carbocycles. The van der Waals surface area contributed by atoms with E-state index in [9.17, 15) is 19.5 Å². The Bertz CT molecular complexity index is 1350. The van der Waals surface area contributed by atoms with E-state index in [0.717, 1.165) is 5.56 Å². The van der Waals surface area contributed by atoms with Crippen LogP contribution in [0.5, 0.6) is 0 Å². The van der Waals surface area contributed by atoms with Crippen LogP contribution >= 0.6 is 15.9 Å². The van der Waals surface area contributed by atoms with Gasteiger partial charge in [0.25, 0.3) is 0 Å². The maximum atomic E-state index is 14.7. The monoisotopic (exact) mass is 649 g/mol. The van der Waals surface area contributed by atoms with Crippen LogP contribution in [0.1, 0.15) is 37.4 Å². The van der Waals surface area contributed by atoms with Crippen molar-refractivity contribution in [2.45, 2.75) is 61.5 Å². The highest BCUT2D eigenvalue weighted by atomic mass is 79.9. The van der Waals surface area contributed by atoms with Gasteiger partial charge in [-0.25, -0.2) is 0 Å². The highest BCUT2D eigenvalue weighted by molar-refractivity contribution is 9.09. The van der Waals surface area contributed by atoms with Crippen LogP contribution < -0.4 is 0 Å². The minimum Gasteiger partial charge on any atom is -0.394 e. The van der Waals surface area contributed by atoms with Crippen molar-refractivity contribution in [1.82, 2.24) is 14.7 Å². The number of carbonyl (C=O) groups excluding carboxylic acids is 3. The van der Waals surface area contributed by atoms with E-state index in [-0.39, 0.29) is 35.2 Å². The molecule has 1 spiro atoms. The van der Waals surface area contributed by atoms with E-state index in [1.165, 1.54) is 4.90 Å². The number of alkyl halides is 1. The lowest BCUT2D eigenvalue weighted by atomic mass is 9.70. The van der Waals surface area contributed by atoms with E-state index in [0.29, 0.717) is 31.6 Å². The van der Waals surface area contributed by atoms with Gasteiger partial charge in [-0.2, -0.15) is 0 Å². The Morgan fingerprint density at radius 3 is 2.28 bits per heavy atom. The van der Waals surface area contributed by atoms with Crippen LogP contribution in [0, 0.1) is 11.8 Å². The molecule has 0 aromatic heterocycles. The van der Waals surface area contributed by atoms with Crippen molar-refractivity contribution in [2.24, 2.45) is 11.8 Å². The third kappa shape index (κ3) is 5.36. The van der Waals surface area contributed by atoms with Gasteiger partial charge in [0.1, 0.15) is 11.6 Å². The SMILES string of the molecule is C=CCN(Cc1ccccc1)C(=O)[C@H]1[C@H]2C(=O)N([C@H](CO)c3ccccc3)C(C(=O)N(CC=C)C(C)C)C23CC(Br)[C@@H]1O3. The number of amides is 3. The lowest BCUT2D eigenvalue weighted by molar-refractivity contribution is -0.153. The molecule has 3 unspecified atom stereocenters. The van der Waals surface area contributed by atoms with Gasteiger partial charge in [0.15, 0.2) is 0 Å². The summed E-state index contributed by atoms with van der Waals surface area (Å²) in [6, 6.07) is 16.9. The number of carbonyl (C=O) groups is 3. The fourth-order valence-electron chi connectivity index (χ4n) is 7.25. The minimum atomic E-state index is -1.24. The lowest BCUT2D eigenvalue weighted by Gasteiger charge is -2.40. The Labute approximate surface area is 262 Å². The predicted octanol–water partition coefficient (Wildman–Crippen LogP) is 4.11. The molecular formula is C34H40BrN3O5. The summed E-state index contributed by atoms with van der Waals surface area (Å²) in [7, 11) is 0. The van der Waals surface area contributed by atoms with Crippen molar-refractivity contribution < 1.29 is 24.2 Å². The molecule has 3 saturated heterocycles. The molecule has 3 amide bonds. The number of hydrogen-bond acceptors (Lipinski definition) is 5. The molecule has 8 nitrogen and oxygen atoms in total. The maximum Gasteiger partial charge on any atom is 0.248 e. The van der Waals surface area contributed by atoms with Crippen LogP contribution in [0.15, 0.2) is 86.0 Å². The Hall–Kier alpha value is -3.27. The molecule has 2 aromatic carbocycles. The number of fused-ring (bicyclic) bond motifs is 1. The van der Waals surface area contributed by atoms with Gasteiger partial charge < -0.3 is 24.5 Å². The van der Waals surface area contributed by atoms with Crippen LogP contribution in [0.3, 0.4) is 0 Å². The summed E-state index contributed by atoms with van der Waals surface area (Å²) < 4.78 is 6.74. The van der Waals surface area contributed by atoms with Gasteiger partial charge in [0, 0.05) is 30.5 Å². The van der Waals surface area contributed by atoms with Crippen molar-refractivity contribution in [3.8, 4) is 0 Å². The summed E-state index contributed by atoms with van der Waals surface area (Å²) in [5, 5.41) is 10.7. The summed E-state index contributed by atoms with van der Waals surface area (Å²) in [5.41, 5.74) is 0.425. The van der Waals surface area contributed by atoms with Crippen molar-refractivity contribution in [2.75, 3.05) is 19.7 Å². The molecule has 0 aliphatic carbocycles. The zero-order valence-corrected chi connectivity index (χ0v) is 26.3. The topological polar surface area (TPSA) is 90.4 Å². The van der Waals surface area contributed by atoms with Gasteiger partial charge in [-0.1, -0.05) is 88.7 Å². The first-order valence-electron chi connectivity index (χ1n) is 14.8. The van der Waals surface area contributed by atoms with Gasteiger partial charge >= 0.3 is 0 Å². The number of ether oxygens (including phenoxy) is 1. The number of benzene rings is 2. The molecule has 2 aromatic rings. The summed E-state index contributed by atoms with van der Waals surface area (Å²) >= 11 is 3.77. The molecule has 0 radical (unpaired) electrons. The molecule has 3 fully saturated rings. The van der Waals surface area contributed by atoms with E-state index < -0.39 is 35.6 Å². The second-order valence-corrected chi connectivity index (χ2v) is 13.1. The molecular weight excluding hydrogens is 610 g/mol. The van der Waals surface area contributed by atoms with Gasteiger partial charge in [0.2, 0.25) is 17.7 Å². The van der Waals surface area contributed by atoms with Gasteiger partial charge in [-0.05, 0) is 31.4 Å². The Morgan fingerprint density at radius 1 is 1.07 bits per heavy atom. The third-order valence-corrected chi connectivity index (χ3v) is 9.89. The average Bonchev–Trinajstić information content (AvgIpc) is 3.60. The molecule has 9 heteroatoms. The van der Waals surface area contributed by atoms with E-state index in [1.54, 1.807) is 22.0 Å². The number of likely N-dealkylation sites (tertiary alicyclic amines) is 1. The fourth-order valence-corrected chi connectivity index (χ4v) is 8.19. The van der Waals surface area contributed by atoms with Crippen LogP contribution in [0.25, 0.3) is 0 Å². The largest absolute Gasteiger partial charge is 0.394 e. The quantitative estimate of drug-likeness (QED) is 0.276. The number of nitrogens with zero attached hydrogens (tertiary/aromatic N) is 3. The molecule has 43 heavy (non-hydrogen) atoms. The highest BCUT2D eigenvalue weighted by Gasteiger charge is 2.77. The van der Waals surface area contributed by atoms with E-state index in [4.69, 9.17) is 4.74 Å². The van der Waals surface area contributed by atoms with Crippen molar-refractivity contribution in [3.05, 3.63) is 97.1 Å². The average molecular weight is 651 g/mol. The summed E-state index contributed by atoms with van der Waals surface area (Å²) in [5.74, 6) is -2.52. The van der Waals surface area contributed by atoms with Crippen molar-refractivity contribution >= 4 is 33.7 Å². The number of rotatable bonds is 12. The maximum absolute atomic E-state index is 14.7. The first-order chi connectivity index (χ1) is 20.7. The van der Waals surface area contributed by atoms with Crippen LogP contribution in [-0.4, -0.2) is 85.8 Å². The second-order valence-electron chi connectivity index (χ2n) is 11.9. The van der Waals surface area contributed by atoms with Gasteiger partial charge in [-0.15, -0.1) is 13.2 Å². The Morgan fingerprint density at radius 2 is 1.70 bits per heavy atom. The first kappa shape index (κ1) is 31.2. The normalized spacial score (nSPS) is 28.1. The second kappa shape index (κ2) is 12.8. The molecule has 228 valence electrons. The lowest BCUT2D eigenvalue weighted by Crippen LogP contribution is -2.58. The van der Waals surface area contributed by atoms with Gasteiger partial charge in [0.05, 0.1) is 30.6 Å². The van der Waals surface area contributed by atoms with E-state index in [2.05, 4.69) is 29.1 Å².